The predicted octanol–water partition coefficient (Wildman–Crippen LogP) is 3.12. The fourth-order valence-electron chi connectivity index (χ4n) is 1.78. The third-order valence-corrected chi connectivity index (χ3v) is 4.56. The number of carbonyl (C=O) groups excluding carboxylic acids is 1. The van der Waals surface area contributed by atoms with E-state index in [0.717, 1.165) is 5.56 Å². The Morgan fingerprint density at radius 3 is 2.43 bits per heavy atom. The molecule has 1 rings (SSSR count). The molecule has 0 unspecified atom stereocenters. The topological polar surface area (TPSA) is 55.4 Å². The van der Waals surface area contributed by atoms with Crippen LogP contribution in [0.4, 0.5) is 0 Å². The van der Waals surface area contributed by atoms with Crippen LogP contribution in [0.15, 0.2) is 30.3 Å². The lowest BCUT2D eigenvalue weighted by molar-refractivity contribution is -0.143. The summed E-state index contributed by atoms with van der Waals surface area (Å²) in [5.74, 6) is -0.221. The van der Waals surface area contributed by atoms with Gasteiger partial charge in [0.15, 0.2) is 0 Å². The molecule has 0 amide bonds. The van der Waals surface area contributed by atoms with E-state index < -0.39 is 11.0 Å². The van der Waals surface area contributed by atoms with Crippen molar-refractivity contribution in [2.24, 2.45) is 0 Å². The molecule has 0 saturated carbocycles. The van der Waals surface area contributed by atoms with Gasteiger partial charge in [0.1, 0.15) is 0 Å². The fourth-order valence-corrected chi connectivity index (χ4v) is 2.65. The molecule has 21 heavy (non-hydrogen) atoms. The summed E-state index contributed by atoms with van der Waals surface area (Å²) in [6.45, 7) is 7.94. The molecule has 0 aliphatic carbocycles. The number of rotatable bonds is 7. The molecule has 5 heteroatoms. The first-order valence-electron chi connectivity index (χ1n) is 7.23. The maximum atomic E-state index is 12.3. The van der Waals surface area contributed by atoms with Crippen molar-refractivity contribution in [3.05, 3.63) is 35.9 Å². The van der Waals surface area contributed by atoms with Crippen molar-refractivity contribution in [2.45, 2.75) is 51.3 Å². The Bertz CT molecular complexity index is 468. The summed E-state index contributed by atoms with van der Waals surface area (Å²) >= 11 is 0. The minimum Gasteiger partial charge on any atom is -0.466 e. The van der Waals surface area contributed by atoms with E-state index in [4.69, 9.17) is 4.74 Å². The Labute approximate surface area is 129 Å². The maximum Gasteiger partial charge on any atom is 0.305 e. The molecule has 0 heterocycles. The van der Waals surface area contributed by atoms with Crippen LogP contribution in [0.3, 0.4) is 0 Å². The molecule has 118 valence electrons. The van der Waals surface area contributed by atoms with Gasteiger partial charge in [-0.2, -0.15) is 0 Å². The van der Waals surface area contributed by atoms with Crippen molar-refractivity contribution in [2.75, 3.05) is 6.61 Å². The number of hydrogen-bond acceptors (Lipinski definition) is 3. The molecule has 0 fully saturated rings. The van der Waals surface area contributed by atoms with Gasteiger partial charge in [-0.25, -0.2) is 8.93 Å². The molecule has 1 N–H and O–H groups in total. The Balaban J connectivity index is 2.76. The fraction of sp³-hybridized carbons (Fsp3) is 0.562. The van der Waals surface area contributed by atoms with Crippen LogP contribution in [0.1, 0.15) is 52.1 Å². The third-order valence-electron chi connectivity index (χ3n) is 2.95. The van der Waals surface area contributed by atoms with Gasteiger partial charge in [-0.15, -0.1) is 0 Å². The lowest BCUT2D eigenvalue weighted by atomic mass is 10.0. The average Bonchev–Trinajstić information content (AvgIpc) is 2.43. The standard InChI is InChI=1S/C16H25NO3S/c1-5-20-15(18)12-11-14(13-9-7-6-8-10-13)17-21(19)16(2,3)4/h6-10,14,17H,5,11-12H2,1-4H3/t14-,21-/m1/s1. The normalized spacial score (nSPS) is 14.5. The number of esters is 1. The molecule has 0 aliphatic rings. The summed E-state index contributed by atoms with van der Waals surface area (Å²) in [4.78, 5) is 11.5. The predicted molar refractivity (Wildman–Crippen MR) is 86.1 cm³/mol. The largest absolute Gasteiger partial charge is 0.466 e. The van der Waals surface area contributed by atoms with E-state index in [1.54, 1.807) is 6.92 Å². The highest BCUT2D eigenvalue weighted by molar-refractivity contribution is 7.84. The Hall–Kier alpha value is -1.20. The highest BCUT2D eigenvalue weighted by atomic mass is 32.2. The van der Waals surface area contributed by atoms with E-state index in [1.807, 2.05) is 51.1 Å². The minimum absolute atomic E-state index is 0.129. The van der Waals surface area contributed by atoms with E-state index in [-0.39, 0.29) is 16.8 Å². The Kier molecular flexibility index (Phi) is 7.05. The third kappa shape index (κ3) is 6.40. The van der Waals surface area contributed by atoms with Crippen LogP contribution >= 0.6 is 0 Å². The SMILES string of the molecule is CCOC(=O)CC[C@@H](N[S@](=O)C(C)(C)C)c1ccccc1. The lowest BCUT2D eigenvalue weighted by Gasteiger charge is -2.24. The molecule has 1 aromatic carbocycles. The molecule has 0 bridgehead atoms. The number of hydrogen-bond donors (Lipinski definition) is 1. The summed E-state index contributed by atoms with van der Waals surface area (Å²) in [6, 6.07) is 9.64. The van der Waals surface area contributed by atoms with E-state index in [2.05, 4.69) is 4.72 Å². The summed E-state index contributed by atoms with van der Waals surface area (Å²) in [6.07, 6.45) is 0.867. The van der Waals surface area contributed by atoms with Gasteiger partial charge >= 0.3 is 5.97 Å². The zero-order valence-electron chi connectivity index (χ0n) is 13.2. The van der Waals surface area contributed by atoms with Crippen LogP contribution in [0.2, 0.25) is 0 Å². The van der Waals surface area contributed by atoms with Gasteiger partial charge in [-0.1, -0.05) is 30.3 Å². The molecular weight excluding hydrogens is 286 g/mol. The van der Waals surface area contributed by atoms with Crippen LogP contribution in [-0.4, -0.2) is 21.5 Å². The molecule has 0 radical (unpaired) electrons. The first-order chi connectivity index (χ1) is 9.84. The molecule has 2 atom stereocenters. The minimum atomic E-state index is -1.19. The number of carbonyl (C=O) groups is 1. The van der Waals surface area contributed by atoms with E-state index in [1.165, 1.54) is 0 Å². The summed E-state index contributed by atoms with van der Waals surface area (Å²) < 4.78 is 20.0. The average molecular weight is 311 g/mol. The molecule has 0 aromatic heterocycles. The second-order valence-electron chi connectivity index (χ2n) is 5.81. The van der Waals surface area contributed by atoms with E-state index >= 15 is 0 Å². The van der Waals surface area contributed by atoms with Gasteiger partial charge in [-0.3, -0.25) is 4.79 Å². The Morgan fingerprint density at radius 1 is 1.29 bits per heavy atom. The van der Waals surface area contributed by atoms with Gasteiger partial charge < -0.3 is 4.74 Å². The van der Waals surface area contributed by atoms with Crippen LogP contribution in [0.25, 0.3) is 0 Å². The summed E-state index contributed by atoms with van der Waals surface area (Å²) in [7, 11) is -1.19. The van der Waals surface area contributed by atoms with Crippen molar-refractivity contribution in [1.29, 1.82) is 0 Å². The van der Waals surface area contributed by atoms with Gasteiger partial charge in [0, 0.05) is 12.5 Å². The number of nitrogens with one attached hydrogen (secondary N) is 1. The first-order valence-corrected chi connectivity index (χ1v) is 8.38. The lowest BCUT2D eigenvalue weighted by Crippen LogP contribution is -2.36. The molecule has 4 nitrogen and oxygen atoms in total. The van der Waals surface area contributed by atoms with Crippen molar-refractivity contribution < 1.29 is 13.7 Å². The Morgan fingerprint density at radius 2 is 1.90 bits per heavy atom. The zero-order chi connectivity index (χ0) is 15.9. The zero-order valence-corrected chi connectivity index (χ0v) is 14.0. The smallest absolute Gasteiger partial charge is 0.305 e. The number of benzene rings is 1. The highest BCUT2D eigenvalue weighted by Crippen LogP contribution is 2.21. The summed E-state index contributed by atoms with van der Waals surface area (Å²) in [5.41, 5.74) is 1.03. The highest BCUT2D eigenvalue weighted by Gasteiger charge is 2.24. The molecule has 0 spiro atoms. The summed E-state index contributed by atoms with van der Waals surface area (Å²) in [5, 5.41) is 0. The van der Waals surface area contributed by atoms with E-state index in [0.29, 0.717) is 19.4 Å². The first kappa shape index (κ1) is 17.9. The van der Waals surface area contributed by atoms with Crippen LogP contribution in [0, 0.1) is 0 Å². The van der Waals surface area contributed by atoms with Gasteiger partial charge in [0.05, 0.1) is 22.3 Å². The van der Waals surface area contributed by atoms with Crippen molar-refractivity contribution in [1.82, 2.24) is 4.72 Å². The van der Waals surface area contributed by atoms with Crippen LogP contribution in [-0.2, 0) is 20.5 Å². The molecular formula is C16H25NO3S. The second-order valence-corrected chi connectivity index (χ2v) is 7.80. The van der Waals surface area contributed by atoms with Gasteiger partial charge in [0.2, 0.25) is 0 Å². The molecule has 1 aromatic rings. The van der Waals surface area contributed by atoms with Crippen LogP contribution in [0.5, 0.6) is 0 Å². The molecule has 0 saturated heterocycles. The van der Waals surface area contributed by atoms with E-state index in [9.17, 15) is 9.00 Å². The van der Waals surface area contributed by atoms with Crippen LogP contribution < -0.4 is 4.72 Å². The maximum absolute atomic E-state index is 12.3. The second kappa shape index (κ2) is 8.29. The quantitative estimate of drug-likeness (QED) is 0.787. The van der Waals surface area contributed by atoms with Gasteiger partial charge in [0.25, 0.3) is 0 Å². The van der Waals surface area contributed by atoms with Crippen molar-refractivity contribution >= 4 is 17.0 Å². The monoisotopic (exact) mass is 311 g/mol. The van der Waals surface area contributed by atoms with Gasteiger partial charge in [-0.05, 0) is 39.7 Å². The van der Waals surface area contributed by atoms with Crippen molar-refractivity contribution in [3.8, 4) is 0 Å². The van der Waals surface area contributed by atoms with Crippen molar-refractivity contribution in [3.63, 3.8) is 0 Å². The molecule has 0 aliphatic heterocycles. The number of ether oxygens (including phenoxy) is 1.